The molecule has 0 spiro atoms. The summed E-state index contributed by atoms with van der Waals surface area (Å²) in [6.07, 6.45) is -0.0209. The molecule has 0 fully saturated rings. The van der Waals surface area contributed by atoms with Crippen molar-refractivity contribution < 1.29 is 9.18 Å². The molecule has 0 heterocycles. The van der Waals surface area contributed by atoms with Gasteiger partial charge < -0.3 is 5.32 Å². The van der Waals surface area contributed by atoms with Crippen molar-refractivity contribution >= 4 is 5.78 Å². The number of alkyl halides is 1. The van der Waals surface area contributed by atoms with E-state index in [9.17, 15) is 9.18 Å². The fraction of sp³-hybridized carbons (Fsp3) is 0.429. The van der Waals surface area contributed by atoms with Gasteiger partial charge in [-0.25, -0.2) is 4.39 Å². The molecule has 0 amide bonds. The van der Waals surface area contributed by atoms with Crippen LogP contribution in [0.2, 0.25) is 0 Å². The minimum Gasteiger partial charge on any atom is -0.362 e. The van der Waals surface area contributed by atoms with E-state index in [0.29, 0.717) is 0 Å². The zero-order chi connectivity index (χ0) is 8.85. The predicted molar refractivity (Wildman–Crippen MR) is 38.1 cm³/mol. The van der Waals surface area contributed by atoms with Gasteiger partial charge in [0.2, 0.25) is 0 Å². The van der Waals surface area contributed by atoms with E-state index in [2.05, 4.69) is 5.32 Å². The second-order valence-corrected chi connectivity index (χ2v) is 2.05. The first-order valence-electron chi connectivity index (χ1n) is 3.09. The molecule has 0 radical (unpaired) electrons. The number of nitrogens with one attached hydrogen (secondary N) is 1. The van der Waals surface area contributed by atoms with Crippen molar-refractivity contribution in [1.29, 1.82) is 5.26 Å². The zero-order valence-corrected chi connectivity index (χ0v) is 6.39. The van der Waals surface area contributed by atoms with Crippen LogP contribution < -0.4 is 5.32 Å². The van der Waals surface area contributed by atoms with Crippen LogP contribution in [0.3, 0.4) is 0 Å². The third kappa shape index (κ3) is 4.09. The van der Waals surface area contributed by atoms with E-state index >= 15 is 0 Å². The van der Waals surface area contributed by atoms with Gasteiger partial charge in [-0.05, 0) is 13.8 Å². The Hall–Kier alpha value is -1.37. The van der Waals surface area contributed by atoms with Gasteiger partial charge in [0, 0.05) is 11.8 Å². The van der Waals surface area contributed by atoms with Gasteiger partial charge in [0.15, 0.2) is 6.30 Å². The van der Waals surface area contributed by atoms with Crippen molar-refractivity contribution in [2.24, 2.45) is 0 Å². The maximum absolute atomic E-state index is 12.1. The maximum atomic E-state index is 12.1. The summed E-state index contributed by atoms with van der Waals surface area (Å²) in [6, 6.07) is 1.42. The molecule has 0 aromatic heterocycles. The molecular weight excluding hydrogens is 147 g/mol. The number of nitrogens with zero attached hydrogens (tertiary/aromatic N) is 1. The molecule has 0 aliphatic carbocycles. The monoisotopic (exact) mass is 156 g/mol. The zero-order valence-electron chi connectivity index (χ0n) is 6.39. The Morgan fingerprint density at radius 3 is 2.73 bits per heavy atom. The molecule has 60 valence electrons. The van der Waals surface area contributed by atoms with Gasteiger partial charge in [-0.3, -0.25) is 4.79 Å². The topological polar surface area (TPSA) is 52.9 Å². The number of carbonyl (C=O) groups excluding carboxylic acids is 1. The van der Waals surface area contributed by atoms with Crippen LogP contribution in [-0.4, -0.2) is 12.1 Å². The normalized spacial score (nSPS) is 13.5. The standard InChI is InChI=1S/C7H9FN2O/c1-5(7(11)3-9)4-10-6(2)8/h4,6,10H,1-2H3/b5-4+. The minimum absolute atomic E-state index is 0.206. The number of hydrogen-bond acceptors (Lipinski definition) is 3. The minimum atomic E-state index is -1.21. The van der Waals surface area contributed by atoms with Gasteiger partial charge in [0.05, 0.1) is 0 Å². The Labute approximate surface area is 64.5 Å². The lowest BCUT2D eigenvalue weighted by atomic mass is 10.2. The fourth-order valence-electron chi connectivity index (χ4n) is 0.394. The van der Waals surface area contributed by atoms with Gasteiger partial charge in [0.1, 0.15) is 6.07 Å². The van der Waals surface area contributed by atoms with Crippen molar-refractivity contribution in [3.63, 3.8) is 0 Å². The molecule has 0 aromatic carbocycles. The number of allylic oxidation sites excluding steroid dienone is 1. The Balaban J connectivity index is 4.03. The van der Waals surface area contributed by atoms with E-state index < -0.39 is 12.1 Å². The average Bonchev–Trinajstić information content (AvgIpc) is 1.98. The maximum Gasteiger partial charge on any atom is 0.259 e. The van der Waals surface area contributed by atoms with Crippen LogP contribution in [0, 0.1) is 11.3 Å². The van der Waals surface area contributed by atoms with Crippen LogP contribution >= 0.6 is 0 Å². The molecule has 4 heteroatoms. The van der Waals surface area contributed by atoms with Crippen molar-refractivity contribution in [2.45, 2.75) is 20.1 Å². The molecule has 0 saturated heterocycles. The van der Waals surface area contributed by atoms with Gasteiger partial charge >= 0.3 is 0 Å². The van der Waals surface area contributed by atoms with Gasteiger partial charge in [-0.15, -0.1) is 0 Å². The van der Waals surface area contributed by atoms with Crippen LogP contribution in [0.5, 0.6) is 0 Å². The summed E-state index contributed by atoms with van der Waals surface area (Å²) in [5.41, 5.74) is 0.206. The number of nitriles is 1. The summed E-state index contributed by atoms with van der Waals surface area (Å²) in [5.74, 6) is -0.654. The highest BCUT2D eigenvalue weighted by atomic mass is 19.1. The highest BCUT2D eigenvalue weighted by molar-refractivity contribution is 6.06. The molecule has 11 heavy (non-hydrogen) atoms. The van der Waals surface area contributed by atoms with E-state index in [1.165, 1.54) is 26.1 Å². The molecule has 1 unspecified atom stereocenters. The van der Waals surface area contributed by atoms with Crippen molar-refractivity contribution in [3.05, 3.63) is 11.8 Å². The van der Waals surface area contributed by atoms with Crippen LogP contribution in [0.1, 0.15) is 13.8 Å². The summed E-state index contributed by atoms with van der Waals surface area (Å²) in [7, 11) is 0. The fourth-order valence-corrected chi connectivity index (χ4v) is 0.394. The van der Waals surface area contributed by atoms with Crippen molar-refractivity contribution in [2.75, 3.05) is 0 Å². The number of hydrogen-bond donors (Lipinski definition) is 1. The molecule has 0 bridgehead atoms. The lowest BCUT2D eigenvalue weighted by Crippen LogP contribution is -2.15. The molecular formula is C7H9FN2O. The summed E-state index contributed by atoms with van der Waals surface area (Å²) in [4.78, 5) is 10.5. The number of carbonyl (C=O) groups is 1. The van der Waals surface area contributed by atoms with Gasteiger partial charge in [0.25, 0.3) is 5.78 Å². The van der Waals surface area contributed by atoms with Crippen LogP contribution in [0.25, 0.3) is 0 Å². The summed E-state index contributed by atoms with van der Waals surface area (Å²) < 4.78 is 12.1. The predicted octanol–water partition coefficient (Wildman–Crippen LogP) is 0.888. The van der Waals surface area contributed by atoms with Crippen LogP contribution in [0.4, 0.5) is 4.39 Å². The van der Waals surface area contributed by atoms with Crippen LogP contribution in [0.15, 0.2) is 11.8 Å². The second kappa shape index (κ2) is 4.45. The molecule has 0 aliphatic rings. The third-order valence-corrected chi connectivity index (χ3v) is 0.989. The largest absolute Gasteiger partial charge is 0.362 e. The lowest BCUT2D eigenvalue weighted by molar-refractivity contribution is -0.110. The van der Waals surface area contributed by atoms with Gasteiger partial charge in [-0.1, -0.05) is 0 Å². The second-order valence-electron chi connectivity index (χ2n) is 2.05. The molecule has 0 rings (SSSR count). The molecule has 0 aliphatic heterocycles. The van der Waals surface area contributed by atoms with Crippen molar-refractivity contribution in [1.82, 2.24) is 5.32 Å². The summed E-state index contributed by atoms with van der Waals surface area (Å²) in [5, 5.41) is 10.4. The highest BCUT2D eigenvalue weighted by Gasteiger charge is 2.01. The van der Waals surface area contributed by atoms with E-state index in [1.54, 1.807) is 0 Å². The first kappa shape index (κ1) is 9.63. The van der Waals surface area contributed by atoms with E-state index in [0.717, 1.165) is 0 Å². The number of Topliss-reactive ketones (excluding diaryl/α,β-unsaturated/α-hetero) is 1. The summed E-state index contributed by atoms with van der Waals surface area (Å²) in [6.45, 7) is 2.74. The van der Waals surface area contributed by atoms with Crippen molar-refractivity contribution in [3.8, 4) is 6.07 Å². The van der Waals surface area contributed by atoms with E-state index in [-0.39, 0.29) is 5.57 Å². The molecule has 3 nitrogen and oxygen atoms in total. The number of rotatable bonds is 3. The van der Waals surface area contributed by atoms with E-state index in [1.807, 2.05) is 0 Å². The Morgan fingerprint density at radius 1 is 1.82 bits per heavy atom. The van der Waals surface area contributed by atoms with Gasteiger partial charge in [-0.2, -0.15) is 5.26 Å². The SMILES string of the molecule is C/C(=C\NC(C)F)C(=O)C#N. The Bertz CT molecular complexity index is 215. The molecule has 1 N–H and O–H groups in total. The molecule has 0 saturated carbocycles. The quantitative estimate of drug-likeness (QED) is 0.375. The Kier molecular flexibility index (Phi) is 3.89. The molecule has 1 atom stereocenters. The first-order chi connectivity index (χ1) is 5.07. The average molecular weight is 156 g/mol. The highest BCUT2D eigenvalue weighted by Crippen LogP contribution is 1.92. The van der Waals surface area contributed by atoms with Crippen LogP contribution in [-0.2, 0) is 4.79 Å². The molecule has 0 aromatic rings. The Morgan fingerprint density at radius 2 is 2.36 bits per heavy atom. The van der Waals surface area contributed by atoms with E-state index in [4.69, 9.17) is 5.26 Å². The smallest absolute Gasteiger partial charge is 0.259 e. The number of ketones is 1. The third-order valence-electron chi connectivity index (χ3n) is 0.989. The lowest BCUT2D eigenvalue weighted by Gasteiger charge is -1.99. The summed E-state index contributed by atoms with van der Waals surface area (Å²) >= 11 is 0. The number of halogens is 1. The first-order valence-corrected chi connectivity index (χ1v) is 3.09.